The summed E-state index contributed by atoms with van der Waals surface area (Å²) in [6.45, 7) is 9.70. The zero-order valence-corrected chi connectivity index (χ0v) is 35.8. The van der Waals surface area contributed by atoms with Crippen LogP contribution in [-0.4, -0.2) is 0 Å². The molecule has 1 nitrogen and oxygen atoms in total. The second kappa shape index (κ2) is 14.6. The average Bonchev–Trinajstić information content (AvgIpc) is 3.69. The van der Waals surface area contributed by atoms with Crippen molar-refractivity contribution < 1.29 is 0 Å². The van der Waals surface area contributed by atoms with Gasteiger partial charge in [-0.05, 0) is 150 Å². The maximum absolute atomic E-state index is 2.52. The van der Waals surface area contributed by atoms with Crippen LogP contribution < -0.4 is 4.90 Å². The highest BCUT2D eigenvalue weighted by atomic mass is 15.1. The van der Waals surface area contributed by atoms with Crippen LogP contribution in [0.3, 0.4) is 0 Å². The molecule has 1 heteroatoms. The molecule has 0 radical (unpaired) electrons. The molecule has 1 fully saturated rings. The molecule has 8 aromatic carbocycles. The number of fused-ring (bicyclic) bond motifs is 6. The maximum atomic E-state index is 2.52. The molecule has 0 spiro atoms. The Bertz CT molecular complexity index is 2880. The van der Waals surface area contributed by atoms with Gasteiger partial charge in [-0.2, -0.15) is 0 Å². The van der Waals surface area contributed by atoms with Gasteiger partial charge in [-0.1, -0.05) is 186 Å². The van der Waals surface area contributed by atoms with Gasteiger partial charge in [-0.25, -0.2) is 0 Å². The van der Waals surface area contributed by atoms with Crippen molar-refractivity contribution in [2.24, 2.45) is 5.92 Å². The second-order valence-electron chi connectivity index (χ2n) is 18.9. The van der Waals surface area contributed by atoms with Gasteiger partial charge in [0.15, 0.2) is 0 Å². The van der Waals surface area contributed by atoms with E-state index in [-0.39, 0.29) is 10.8 Å². The summed E-state index contributed by atoms with van der Waals surface area (Å²) in [4.78, 5) is 2.40. The van der Waals surface area contributed by atoms with Crippen molar-refractivity contribution in [1.29, 1.82) is 0 Å². The van der Waals surface area contributed by atoms with Crippen molar-refractivity contribution in [3.05, 3.63) is 210 Å². The maximum Gasteiger partial charge on any atom is 0.0462 e. The Morgan fingerprint density at radius 1 is 0.377 bits per heavy atom. The predicted molar refractivity (Wildman–Crippen MR) is 258 cm³/mol. The first kappa shape index (κ1) is 37.6. The number of anilines is 3. The first-order valence-electron chi connectivity index (χ1n) is 22.4. The van der Waals surface area contributed by atoms with E-state index < -0.39 is 0 Å². The monoisotopic (exact) mass is 787 g/mol. The minimum absolute atomic E-state index is 0.0324. The molecular formula is C60H53N. The third kappa shape index (κ3) is 6.37. The Kier molecular flexibility index (Phi) is 9.01. The van der Waals surface area contributed by atoms with Gasteiger partial charge >= 0.3 is 0 Å². The summed E-state index contributed by atoms with van der Waals surface area (Å²) < 4.78 is 0. The molecule has 2 unspecified atom stereocenters. The van der Waals surface area contributed by atoms with Crippen molar-refractivity contribution in [2.45, 2.75) is 70.1 Å². The van der Waals surface area contributed by atoms with Crippen LogP contribution in [0, 0.1) is 5.92 Å². The largest absolute Gasteiger partial charge is 0.311 e. The molecule has 0 aliphatic heterocycles. The van der Waals surface area contributed by atoms with Crippen LogP contribution in [0.2, 0.25) is 0 Å². The molecule has 3 aliphatic carbocycles. The topological polar surface area (TPSA) is 3.24 Å². The molecule has 8 aromatic rings. The Labute approximate surface area is 362 Å². The van der Waals surface area contributed by atoms with Gasteiger partial charge < -0.3 is 4.90 Å². The van der Waals surface area contributed by atoms with Gasteiger partial charge in [0.05, 0.1) is 0 Å². The van der Waals surface area contributed by atoms with E-state index in [9.17, 15) is 0 Å². The summed E-state index contributed by atoms with van der Waals surface area (Å²) in [5, 5.41) is 0. The van der Waals surface area contributed by atoms with Gasteiger partial charge in [0, 0.05) is 22.5 Å². The predicted octanol–water partition coefficient (Wildman–Crippen LogP) is 16.7. The lowest BCUT2D eigenvalue weighted by Crippen LogP contribution is -2.28. The van der Waals surface area contributed by atoms with Crippen LogP contribution in [0.25, 0.3) is 55.6 Å². The van der Waals surface area contributed by atoms with E-state index in [0.29, 0.717) is 0 Å². The third-order valence-corrected chi connectivity index (χ3v) is 14.8. The molecule has 3 aliphatic rings. The van der Waals surface area contributed by atoms with Crippen LogP contribution in [0.15, 0.2) is 188 Å². The Hall–Kier alpha value is -6.44. The summed E-state index contributed by atoms with van der Waals surface area (Å²) in [7, 11) is 0. The van der Waals surface area contributed by atoms with Crippen LogP contribution in [0.4, 0.5) is 17.1 Å². The Morgan fingerprint density at radius 2 is 0.803 bits per heavy atom. The Balaban J connectivity index is 0.930. The average molecular weight is 788 g/mol. The van der Waals surface area contributed by atoms with Crippen molar-refractivity contribution in [3.8, 4) is 55.6 Å². The van der Waals surface area contributed by atoms with E-state index in [1.165, 1.54) is 92.4 Å². The van der Waals surface area contributed by atoms with Crippen molar-refractivity contribution in [2.75, 3.05) is 4.90 Å². The smallest absolute Gasteiger partial charge is 0.0462 e. The van der Waals surface area contributed by atoms with E-state index >= 15 is 0 Å². The van der Waals surface area contributed by atoms with Gasteiger partial charge in [0.1, 0.15) is 0 Å². The molecular weight excluding hydrogens is 735 g/mol. The van der Waals surface area contributed by atoms with E-state index in [0.717, 1.165) is 28.9 Å². The molecule has 1 saturated carbocycles. The SMILES string of the molecule is CC1(C)c2ccccc2-c2ccc(-c3ccc(N(c4ccc(-c5ccc(-c6ccccc6)cc5)cc4)c4ccc(-c5ccc6c(c5)C(C)(C)C5CCCCC65)cc4)cc3)cc21. The van der Waals surface area contributed by atoms with Crippen molar-refractivity contribution in [3.63, 3.8) is 0 Å². The highest BCUT2D eigenvalue weighted by Gasteiger charge is 2.46. The molecule has 61 heavy (non-hydrogen) atoms. The third-order valence-electron chi connectivity index (χ3n) is 14.8. The first-order chi connectivity index (χ1) is 29.7. The molecule has 0 saturated heterocycles. The molecule has 0 bridgehead atoms. The molecule has 298 valence electrons. The molecule has 11 rings (SSSR count). The van der Waals surface area contributed by atoms with E-state index in [1.54, 1.807) is 11.1 Å². The normalized spacial score (nSPS) is 17.8. The van der Waals surface area contributed by atoms with Crippen LogP contribution in [-0.2, 0) is 10.8 Å². The molecule has 0 aromatic heterocycles. The lowest BCUT2D eigenvalue weighted by Gasteiger charge is -2.34. The number of hydrogen-bond acceptors (Lipinski definition) is 1. The first-order valence-corrected chi connectivity index (χ1v) is 22.4. The van der Waals surface area contributed by atoms with Gasteiger partial charge in [0.2, 0.25) is 0 Å². The summed E-state index contributed by atoms with van der Waals surface area (Å²) in [6.07, 6.45) is 5.44. The zero-order valence-electron chi connectivity index (χ0n) is 35.8. The van der Waals surface area contributed by atoms with Crippen LogP contribution in [0.1, 0.15) is 81.5 Å². The summed E-state index contributed by atoms with van der Waals surface area (Å²) in [5.41, 5.74) is 22.2. The minimum atomic E-state index is -0.0324. The number of nitrogens with zero attached hydrogens (tertiary/aromatic N) is 1. The highest BCUT2D eigenvalue weighted by Crippen LogP contribution is 2.57. The van der Waals surface area contributed by atoms with Crippen LogP contribution in [0.5, 0.6) is 0 Å². The van der Waals surface area contributed by atoms with E-state index in [4.69, 9.17) is 0 Å². The Morgan fingerprint density at radius 3 is 1.39 bits per heavy atom. The summed E-state index contributed by atoms with van der Waals surface area (Å²) in [5.74, 6) is 1.49. The molecule has 0 amide bonds. The fraction of sp³-hybridized carbons (Fsp3) is 0.200. The number of benzene rings is 8. The van der Waals surface area contributed by atoms with Gasteiger partial charge in [-0.15, -0.1) is 0 Å². The van der Waals surface area contributed by atoms with E-state index in [2.05, 4.69) is 221 Å². The number of rotatable bonds is 7. The standard InChI is InChI=1S/C60H53N/c1-59(2)55-16-10-8-14-51(55)53-36-28-46(38-57(53)59)44-24-32-49(33-25-44)61(48-30-22-43(23-31-48)42-20-18-41(19-21-42)40-12-6-5-7-13-40)50-34-26-45(27-35-50)47-29-37-54-52-15-9-11-17-56(52)60(3,4)58(54)39-47/h5-8,10,12-14,16,18-39,52,56H,9,11,15,17H2,1-4H3. The van der Waals surface area contributed by atoms with Gasteiger partial charge in [-0.3, -0.25) is 0 Å². The summed E-state index contributed by atoms with van der Waals surface area (Å²) in [6, 6.07) is 70.3. The molecule has 0 heterocycles. The lowest BCUT2D eigenvalue weighted by atomic mass is 9.70. The van der Waals surface area contributed by atoms with Crippen molar-refractivity contribution in [1.82, 2.24) is 0 Å². The second-order valence-corrected chi connectivity index (χ2v) is 18.9. The quantitative estimate of drug-likeness (QED) is 0.155. The molecule has 2 atom stereocenters. The fourth-order valence-electron chi connectivity index (χ4n) is 11.4. The highest BCUT2D eigenvalue weighted by molar-refractivity contribution is 5.85. The molecule has 0 N–H and O–H groups in total. The van der Waals surface area contributed by atoms with Gasteiger partial charge in [0.25, 0.3) is 0 Å². The zero-order chi connectivity index (χ0) is 41.3. The lowest BCUT2D eigenvalue weighted by molar-refractivity contribution is 0.233. The summed E-state index contributed by atoms with van der Waals surface area (Å²) >= 11 is 0. The van der Waals surface area contributed by atoms with Crippen molar-refractivity contribution >= 4 is 17.1 Å². The van der Waals surface area contributed by atoms with Crippen LogP contribution >= 0.6 is 0 Å². The number of hydrogen-bond donors (Lipinski definition) is 0. The minimum Gasteiger partial charge on any atom is -0.311 e. The fourth-order valence-corrected chi connectivity index (χ4v) is 11.4. The van der Waals surface area contributed by atoms with E-state index in [1.807, 2.05) is 0 Å².